The van der Waals surface area contributed by atoms with Crippen LogP contribution in [0.2, 0.25) is 0 Å². The number of aliphatic hydroxyl groups is 1. The quantitative estimate of drug-likeness (QED) is 0.156. The number of methoxy groups -OCH3 is 4. The van der Waals surface area contributed by atoms with Crippen LogP contribution >= 0.6 is 0 Å². The van der Waals surface area contributed by atoms with E-state index in [0.29, 0.717) is 53.8 Å². The summed E-state index contributed by atoms with van der Waals surface area (Å²) in [6, 6.07) is 9.04. The second kappa shape index (κ2) is 12.1. The molecule has 0 saturated carbocycles. The zero-order valence-electron chi connectivity index (χ0n) is 20.9. The number of nitrogens with zero attached hydrogens (tertiary/aromatic N) is 1. The van der Waals surface area contributed by atoms with E-state index in [4.69, 9.17) is 23.7 Å². The molecule has 3 rings (SSSR count). The highest BCUT2D eigenvalue weighted by Gasteiger charge is 2.46. The Hall–Kier alpha value is -3.98. The minimum Gasteiger partial charge on any atom is -0.507 e. The first kappa shape index (κ1) is 26.6. The Morgan fingerprint density at radius 2 is 1.67 bits per heavy atom. The summed E-state index contributed by atoms with van der Waals surface area (Å²) >= 11 is 0. The number of hydrogen-bond donors (Lipinski definition) is 1. The number of carbonyl (C=O) groups is 2. The number of amides is 1. The van der Waals surface area contributed by atoms with E-state index in [2.05, 4.69) is 6.58 Å². The van der Waals surface area contributed by atoms with Gasteiger partial charge in [0.2, 0.25) is 5.75 Å². The van der Waals surface area contributed by atoms with Crippen molar-refractivity contribution < 1.29 is 38.4 Å². The Kier molecular flexibility index (Phi) is 8.97. The van der Waals surface area contributed by atoms with E-state index in [1.165, 1.54) is 26.2 Å². The molecule has 2 aromatic carbocycles. The normalized spacial score (nSPS) is 16.7. The molecule has 1 aliphatic heterocycles. The average molecular weight is 498 g/mol. The fourth-order valence-electron chi connectivity index (χ4n) is 4.12. The standard InChI is InChI=1S/C27H31NO8/c1-6-13-36-19-10-8-17(9-11-19)24(29)22-23(28(12-7-14-32-2)27(31)25(22)30)18-15-20(33-3)26(35-5)21(16-18)34-4/h6,8-11,15-16,23,29H,1,7,12-14H2,2-5H3/b24-22+. The highest BCUT2D eigenvalue weighted by Crippen LogP contribution is 2.45. The second-order valence-electron chi connectivity index (χ2n) is 7.92. The maximum Gasteiger partial charge on any atom is 0.295 e. The summed E-state index contributed by atoms with van der Waals surface area (Å²) < 4.78 is 27.0. The lowest BCUT2D eigenvalue weighted by atomic mass is 9.94. The van der Waals surface area contributed by atoms with Crippen LogP contribution in [0.25, 0.3) is 5.76 Å². The zero-order valence-corrected chi connectivity index (χ0v) is 20.9. The third-order valence-electron chi connectivity index (χ3n) is 5.79. The molecule has 0 radical (unpaired) electrons. The SMILES string of the molecule is C=CCOc1ccc(/C(O)=C2\C(=O)C(=O)N(CCCOC)C2c2cc(OC)c(OC)c(OC)c2)cc1. The predicted molar refractivity (Wildman–Crippen MR) is 134 cm³/mol. The van der Waals surface area contributed by atoms with Gasteiger partial charge >= 0.3 is 0 Å². The maximum absolute atomic E-state index is 13.2. The zero-order chi connectivity index (χ0) is 26.2. The fraction of sp³-hybridized carbons (Fsp3) is 0.333. The third kappa shape index (κ3) is 5.31. The van der Waals surface area contributed by atoms with Gasteiger partial charge in [0, 0.05) is 25.8 Å². The van der Waals surface area contributed by atoms with Gasteiger partial charge in [0.05, 0.1) is 32.9 Å². The Bertz CT molecular complexity index is 1110. The molecule has 0 aliphatic carbocycles. The highest BCUT2D eigenvalue weighted by molar-refractivity contribution is 6.46. The summed E-state index contributed by atoms with van der Waals surface area (Å²) in [6.07, 6.45) is 2.12. The van der Waals surface area contributed by atoms with Crippen LogP contribution in [0.1, 0.15) is 23.6 Å². The lowest BCUT2D eigenvalue weighted by molar-refractivity contribution is -0.140. The summed E-state index contributed by atoms with van der Waals surface area (Å²) in [4.78, 5) is 27.8. The molecule has 0 bridgehead atoms. The van der Waals surface area contributed by atoms with Gasteiger partial charge in [0.25, 0.3) is 11.7 Å². The number of rotatable bonds is 12. The molecule has 1 N–H and O–H groups in total. The summed E-state index contributed by atoms with van der Waals surface area (Å²) in [7, 11) is 6.01. The van der Waals surface area contributed by atoms with E-state index in [1.807, 2.05) is 0 Å². The molecule has 2 aromatic rings. The van der Waals surface area contributed by atoms with Gasteiger partial charge in [-0.2, -0.15) is 0 Å². The largest absolute Gasteiger partial charge is 0.507 e. The topological polar surface area (TPSA) is 104 Å². The monoisotopic (exact) mass is 497 g/mol. The van der Waals surface area contributed by atoms with Crippen LogP contribution in [0, 0.1) is 0 Å². The number of aliphatic hydroxyl groups excluding tert-OH is 1. The van der Waals surface area contributed by atoms with Gasteiger partial charge in [0.15, 0.2) is 11.5 Å². The van der Waals surface area contributed by atoms with Crippen molar-refractivity contribution >= 4 is 17.4 Å². The smallest absolute Gasteiger partial charge is 0.295 e. The Balaban J connectivity index is 2.16. The first-order valence-corrected chi connectivity index (χ1v) is 11.3. The van der Waals surface area contributed by atoms with Crippen LogP contribution < -0.4 is 18.9 Å². The van der Waals surface area contributed by atoms with Gasteiger partial charge in [-0.05, 0) is 48.4 Å². The molecular formula is C27H31NO8. The molecule has 1 aliphatic rings. The van der Waals surface area contributed by atoms with Crippen LogP contribution in [0.4, 0.5) is 0 Å². The molecule has 1 unspecified atom stereocenters. The molecule has 192 valence electrons. The Labute approximate surface area is 210 Å². The van der Waals surface area contributed by atoms with Crippen LogP contribution in [0.3, 0.4) is 0 Å². The number of carbonyl (C=O) groups excluding carboxylic acids is 2. The van der Waals surface area contributed by atoms with E-state index in [1.54, 1.807) is 49.6 Å². The summed E-state index contributed by atoms with van der Waals surface area (Å²) in [5, 5.41) is 11.3. The Morgan fingerprint density at radius 3 is 2.19 bits per heavy atom. The van der Waals surface area contributed by atoms with E-state index >= 15 is 0 Å². The molecule has 1 atom stereocenters. The fourth-order valence-corrected chi connectivity index (χ4v) is 4.12. The van der Waals surface area contributed by atoms with Crippen molar-refractivity contribution in [3.8, 4) is 23.0 Å². The minimum absolute atomic E-state index is 0.0357. The van der Waals surface area contributed by atoms with Crippen molar-refractivity contribution in [2.75, 3.05) is 48.2 Å². The number of Topliss-reactive ketones (excluding diaryl/α,β-unsaturated/α-hetero) is 1. The summed E-state index contributed by atoms with van der Waals surface area (Å²) in [5.41, 5.74) is 0.855. The first-order valence-electron chi connectivity index (χ1n) is 11.3. The number of ether oxygens (including phenoxy) is 5. The lowest BCUT2D eigenvalue weighted by Crippen LogP contribution is -2.31. The van der Waals surface area contributed by atoms with Gasteiger partial charge in [-0.15, -0.1) is 0 Å². The van der Waals surface area contributed by atoms with E-state index in [-0.39, 0.29) is 17.9 Å². The number of hydrogen-bond acceptors (Lipinski definition) is 8. The van der Waals surface area contributed by atoms with Gasteiger partial charge in [-0.25, -0.2) is 0 Å². The van der Waals surface area contributed by atoms with Crippen LogP contribution in [0.5, 0.6) is 23.0 Å². The van der Waals surface area contributed by atoms with Crippen molar-refractivity contribution in [3.05, 3.63) is 65.8 Å². The molecule has 9 heteroatoms. The molecule has 36 heavy (non-hydrogen) atoms. The first-order chi connectivity index (χ1) is 17.4. The van der Waals surface area contributed by atoms with E-state index in [0.717, 1.165) is 0 Å². The molecule has 1 saturated heterocycles. The number of likely N-dealkylation sites (tertiary alicyclic amines) is 1. The number of benzene rings is 2. The molecular weight excluding hydrogens is 466 g/mol. The minimum atomic E-state index is -0.882. The maximum atomic E-state index is 13.2. The van der Waals surface area contributed by atoms with E-state index < -0.39 is 17.7 Å². The van der Waals surface area contributed by atoms with Crippen LogP contribution in [-0.2, 0) is 14.3 Å². The highest BCUT2D eigenvalue weighted by atomic mass is 16.5. The van der Waals surface area contributed by atoms with Crippen molar-refractivity contribution in [3.63, 3.8) is 0 Å². The molecule has 1 heterocycles. The van der Waals surface area contributed by atoms with Crippen molar-refractivity contribution in [2.45, 2.75) is 12.5 Å². The lowest BCUT2D eigenvalue weighted by Gasteiger charge is -2.26. The van der Waals surface area contributed by atoms with Crippen molar-refractivity contribution in [1.29, 1.82) is 0 Å². The third-order valence-corrected chi connectivity index (χ3v) is 5.79. The van der Waals surface area contributed by atoms with Gasteiger partial charge in [-0.3, -0.25) is 9.59 Å². The molecule has 9 nitrogen and oxygen atoms in total. The van der Waals surface area contributed by atoms with Gasteiger partial charge in [-0.1, -0.05) is 12.7 Å². The van der Waals surface area contributed by atoms with Crippen molar-refractivity contribution in [1.82, 2.24) is 4.90 Å². The van der Waals surface area contributed by atoms with Crippen LogP contribution in [0.15, 0.2) is 54.6 Å². The molecule has 1 fully saturated rings. The molecule has 0 spiro atoms. The molecule has 1 amide bonds. The Morgan fingerprint density at radius 1 is 1.03 bits per heavy atom. The summed E-state index contributed by atoms with van der Waals surface area (Å²) in [6.45, 7) is 4.59. The van der Waals surface area contributed by atoms with E-state index in [9.17, 15) is 14.7 Å². The van der Waals surface area contributed by atoms with Gasteiger partial charge < -0.3 is 33.7 Å². The second-order valence-corrected chi connectivity index (χ2v) is 7.92. The number of ketones is 1. The average Bonchev–Trinajstić information content (AvgIpc) is 3.16. The van der Waals surface area contributed by atoms with Gasteiger partial charge in [0.1, 0.15) is 18.1 Å². The summed E-state index contributed by atoms with van der Waals surface area (Å²) in [5.74, 6) is -0.122. The predicted octanol–water partition coefficient (Wildman–Crippen LogP) is 3.74. The van der Waals surface area contributed by atoms with Crippen molar-refractivity contribution in [2.24, 2.45) is 0 Å². The van der Waals surface area contributed by atoms with Crippen LogP contribution in [-0.4, -0.2) is 69.9 Å². The molecule has 0 aromatic heterocycles.